The zero-order valence-corrected chi connectivity index (χ0v) is 8.97. The maximum Gasteiger partial charge on any atom is 0.138 e. The van der Waals surface area contributed by atoms with Crippen molar-refractivity contribution in [2.45, 2.75) is 6.92 Å². The second kappa shape index (κ2) is 5.03. The Labute approximate surface area is 89.3 Å². The van der Waals surface area contributed by atoms with Gasteiger partial charge in [0.1, 0.15) is 12.4 Å². The molecule has 2 N–H and O–H groups in total. The molecule has 0 fully saturated rings. The van der Waals surface area contributed by atoms with E-state index < -0.39 is 0 Å². The molecule has 3 heteroatoms. The maximum atomic E-state index is 5.94. The van der Waals surface area contributed by atoms with Crippen molar-refractivity contribution in [2.75, 3.05) is 13.2 Å². The Morgan fingerprint density at radius 2 is 2.29 bits per heavy atom. The van der Waals surface area contributed by atoms with Gasteiger partial charge in [-0.3, -0.25) is 0 Å². The van der Waals surface area contributed by atoms with Crippen LogP contribution >= 0.6 is 11.6 Å². The van der Waals surface area contributed by atoms with Crippen LogP contribution in [0.25, 0.3) is 0 Å². The summed E-state index contributed by atoms with van der Waals surface area (Å²) in [5.74, 6) is 0.682. The van der Waals surface area contributed by atoms with Gasteiger partial charge in [-0.1, -0.05) is 24.2 Å². The highest BCUT2D eigenvalue weighted by Crippen LogP contribution is 2.25. The minimum absolute atomic E-state index is 0.416. The summed E-state index contributed by atoms with van der Waals surface area (Å²) < 4.78 is 5.46. The van der Waals surface area contributed by atoms with Gasteiger partial charge in [0, 0.05) is 6.54 Å². The molecule has 0 atom stereocenters. The molecule has 0 aromatic heterocycles. The van der Waals surface area contributed by atoms with E-state index in [-0.39, 0.29) is 0 Å². The largest absolute Gasteiger partial charge is 0.488 e. The van der Waals surface area contributed by atoms with Crippen LogP contribution in [-0.2, 0) is 0 Å². The number of ether oxygens (including phenoxy) is 1. The summed E-state index contributed by atoms with van der Waals surface area (Å²) in [5.41, 5.74) is 7.35. The van der Waals surface area contributed by atoms with Crippen LogP contribution in [0.4, 0.5) is 0 Å². The van der Waals surface area contributed by atoms with Crippen molar-refractivity contribution in [3.63, 3.8) is 0 Å². The first kappa shape index (κ1) is 11.1. The standard InChI is InChI=1S/C11H14ClNO/c1-8-3-4-10(12)11(5-8)14-7-9(2)6-13/h3-5H,2,6-7,13H2,1H3. The summed E-state index contributed by atoms with van der Waals surface area (Å²) in [5, 5.41) is 0.612. The Balaban J connectivity index is 2.66. The van der Waals surface area contributed by atoms with Crippen molar-refractivity contribution in [1.29, 1.82) is 0 Å². The van der Waals surface area contributed by atoms with Gasteiger partial charge in [-0.15, -0.1) is 0 Å². The number of hydrogen-bond acceptors (Lipinski definition) is 2. The van der Waals surface area contributed by atoms with Crippen LogP contribution in [0.1, 0.15) is 5.56 Å². The van der Waals surface area contributed by atoms with Crippen molar-refractivity contribution in [1.82, 2.24) is 0 Å². The minimum atomic E-state index is 0.416. The molecule has 0 aliphatic rings. The van der Waals surface area contributed by atoms with Gasteiger partial charge in [0.15, 0.2) is 0 Å². The molecule has 14 heavy (non-hydrogen) atoms. The molecule has 0 saturated heterocycles. The van der Waals surface area contributed by atoms with Crippen molar-refractivity contribution in [3.8, 4) is 5.75 Å². The van der Waals surface area contributed by atoms with Crippen LogP contribution in [0.3, 0.4) is 0 Å². The van der Waals surface area contributed by atoms with Crippen LogP contribution in [0.15, 0.2) is 30.4 Å². The Morgan fingerprint density at radius 1 is 1.57 bits per heavy atom. The Hall–Kier alpha value is -0.990. The van der Waals surface area contributed by atoms with Crippen LogP contribution in [0.5, 0.6) is 5.75 Å². The van der Waals surface area contributed by atoms with Gasteiger partial charge in [-0.25, -0.2) is 0 Å². The number of nitrogens with two attached hydrogens (primary N) is 1. The normalized spacial score (nSPS) is 9.93. The van der Waals surface area contributed by atoms with Crippen LogP contribution in [0.2, 0.25) is 5.02 Å². The number of rotatable bonds is 4. The molecule has 1 aromatic rings. The molecule has 1 rings (SSSR count). The van der Waals surface area contributed by atoms with Gasteiger partial charge >= 0.3 is 0 Å². The summed E-state index contributed by atoms with van der Waals surface area (Å²) >= 11 is 5.94. The zero-order valence-electron chi connectivity index (χ0n) is 8.22. The SMILES string of the molecule is C=C(CN)COc1cc(C)ccc1Cl. The molecule has 2 nitrogen and oxygen atoms in total. The monoisotopic (exact) mass is 211 g/mol. The highest BCUT2D eigenvalue weighted by Gasteiger charge is 2.01. The fraction of sp³-hybridized carbons (Fsp3) is 0.273. The quantitative estimate of drug-likeness (QED) is 0.777. The molecule has 76 valence electrons. The Bertz CT molecular complexity index is 336. The smallest absolute Gasteiger partial charge is 0.138 e. The molecule has 0 aliphatic carbocycles. The third kappa shape index (κ3) is 3.05. The highest BCUT2D eigenvalue weighted by molar-refractivity contribution is 6.32. The summed E-state index contributed by atoms with van der Waals surface area (Å²) in [6.07, 6.45) is 0. The number of benzene rings is 1. The number of aryl methyl sites for hydroxylation is 1. The minimum Gasteiger partial charge on any atom is -0.488 e. The first-order valence-corrected chi connectivity index (χ1v) is 4.77. The van der Waals surface area contributed by atoms with Gasteiger partial charge < -0.3 is 10.5 Å². The molecule has 0 aliphatic heterocycles. The topological polar surface area (TPSA) is 35.2 Å². The van der Waals surface area contributed by atoms with Crippen molar-refractivity contribution >= 4 is 11.6 Å². The lowest BCUT2D eigenvalue weighted by molar-refractivity contribution is 0.351. The molecule has 1 aromatic carbocycles. The van der Waals surface area contributed by atoms with Crippen LogP contribution in [-0.4, -0.2) is 13.2 Å². The highest BCUT2D eigenvalue weighted by atomic mass is 35.5. The predicted molar refractivity (Wildman–Crippen MR) is 59.9 cm³/mol. The lowest BCUT2D eigenvalue weighted by Crippen LogP contribution is -2.10. The fourth-order valence-corrected chi connectivity index (χ4v) is 1.13. The summed E-state index contributed by atoms with van der Waals surface area (Å²) in [6.45, 7) is 6.58. The van der Waals surface area contributed by atoms with Crippen LogP contribution < -0.4 is 10.5 Å². The molecular weight excluding hydrogens is 198 g/mol. The second-order valence-electron chi connectivity index (χ2n) is 3.18. The lowest BCUT2D eigenvalue weighted by atomic mass is 10.2. The third-order valence-electron chi connectivity index (χ3n) is 1.81. The van der Waals surface area contributed by atoms with E-state index in [0.29, 0.717) is 23.9 Å². The summed E-state index contributed by atoms with van der Waals surface area (Å²) in [6, 6.07) is 5.65. The van der Waals surface area contributed by atoms with Crippen molar-refractivity contribution in [2.24, 2.45) is 5.73 Å². The third-order valence-corrected chi connectivity index (χ3v) is 2.12. The summed E-state index contributed by atoms with van der Waals surface area (Å²) in [7, 11) is 0. The average molecular weight is 212 g/mol. The van der Waals surface area contributed by atoms with Gasteiger partial charge in [-0.05, 0) is 30.2 Å². The van der Waals surface area contributed by atoms with Crippen molar-refractivity contribution in [3.05, 3.63) is 40.9 Å². The molecule has 0 radical (unpaired) electrons. The molecule has 0 amide bonds. The molecule has 0 heterocycles. The van der Waals surface area contributed by atoms with E-state index in [0.717, 1.165) is 11.1 Å². The van der Waals surface area contributed by atoms with Crippen molar-refractivity contribution < 1.29 is 4.74 Å². The number of hydrogen-bond donors (Lipinski definition) is 1. The second-order valence-corrected chi connectivity index (χ2v) is 3.58. The van der Waals surface area contributed by atoms with E-state index >= 15 is 0 Å². The molecule has 0 saturated carbocycles. The maximum absolute atomic E-state index is 5.94. The molecule has 0 unspecified atom stereocenters. The van der Waals surface area contributed by atoms with E-state index in [2.05, 4.69) is 6.58 Å². The number of halogens is 1. The fourth-order valence-electron chi connectivity index (χ4n) is 0.960. The first-order chi connectivity index (χ1) is 6.63. The van der Waals surface area contributed by atoms with E-state index in [1.807, 2.05) is 25.1 Å². The first-order valence-electron chi connectivity index (χ1n) is 4.39. The Morgan fingerprint density at radius 3 is 2.93 bits per heavy atom. The van der Waals surface area contributed by atoms with Crippen LogP contribution in [0, 0.1) is 6.92 Å². The van der Waals surface area contributed by atoms with Gasteiger partial charge in [-0.2, -0.15) is 0 Å². The predicted octanol–water partition coefficient (Wildman–Crippen LogP) is 2.54. The van der Waals surface area contributed by atoms with Gasteiger partial charge in [0.2, 0.25) is 0 Å². The van der Waals surface area contributed by atoms with E-state index in [4.69, 9.17) is 22.1 Å². The van der Waals surface area contributed by atoms with E-state index in [9.17, 15) is 0 Å². The van der Waals surface area contributed by atoms with Gasteiger partial charge in [0.25, 0.3) is 0 Å². The zero-order chi connectivity index (χ0) is 10.6. The lowest BCUT2D eigenvalue weighted by Gasteiger charge is -2.09. The van der Waals surface area contributed by atoms with E-state index in [1.165, 1.54) is 0 Å². The molecule has 0 spiro atoms. The van der Waals surface area contributed by atoms with E-state index in [1.54, 1.807) is 0 Å². The molecule has 0 bridgehead atoms. The molecular formula is C11H14ClNO. The summed E-state index contributed by atoms with van der Waals surface area (Å²) in [4.78, 5) is 0. The van der Waals surface area contributed by atoms with Gasteiger partial charge in [0.05, 0.1) is 5.02 Å². The Kier molecular flexibility index (Phi) is 3.98. The average Bonchev–Trinajstić information content (AvgIpc) is 2.19.